The smallest absolute Gasteiger partial charge is 0.418 e. The third-order valence-corrected chi connectivity index (χ3v) is 2.15. The SMILES string of the molecule is Cc1c(C(F)(F)F)cnc(C(=O)O)c1C. The average Bonchev–Trinajstić information content (AvgIpc) is 2.06. The quantitative estimate of drug-likeness (QED) is 0.789. The highest BCUT2D eigenvalue weighted by atomic mass is 19.4. The van der Waals surface area contributed by atoms with E-state index in [1.54, 1.807) is 0 Å². The standard InChI is InChI=1S/C9H8F3NO2/c1-4-5(2)7(8(14)15)13-3-6(4)9(10,11)12/h3H,1-2H3,(H,14,15). The molecule has 0 saturated heterocycles. The van der Waals surface area contributed by atoms with Gasteiger partial charge in [-0.1, -0.05) is 0 Å². The third-order valence-electron chi connectivity index (χ3n) is 2.15. The van der Waals surface area contributed by atoms with Crippen LogP contribution >= 0.6 is 0 Å². The van der Waals surface area contributed by atoms with Crippen LogP contribution in [0.25, 0.3) is 0 Å². The van der Waals surface area contributed by atoms with Crippen molar-refractivity contribution in [1.82, 2.24) is 4.98 Å². The van der Waals surface area contributed by atoms with Gasteiger partial charge >= 0.3 is 12.1 Å². The third kappa shape index (κ3) is 2.08. The first-order valence-corrected chi connectivity index (χ1v) is 4.02. The molecule has 0 atom stereocenters. The van der Waals surface area contributed by atoms with Crippen molar-refractivity contribution in [3.05, 3.63) is 28.6 Å². The summed E-state index contributed by atoms with van der Waals surface area (Å²) in [5, 5.41) is 8.64. The predicted molar refractivity (Wildman–Crippen MR) is 45.7 cm³/mol. The topological polar surface area (TPSA) is 50.2 Å². The Morgan fingerprint density at radius 3 is 2.27 bits per heavy atom. The van der Waals surface area contributed by atoms with Crippen molar-refractivity contribution in [2.45, 2.75) is 20.0 Å². The molecule has 0 bridgehead atoms. The van der Waals surface area contributed by atoms with Crippen molar-refractivity contribution in [1.29, 1.82) is 0 Å². The maximum absolute atomic E-state index is 12.4. The van der Waals surface area contributed by atoms with Crippen LogP contribution in [0.2, 0.25) is 0 Å². The molecule has 1 aromatic heterocycles. The molecule has 6 heteroatoms. The number of carboxylic acids is 1. The van der Waals surface area contributed by atoms with Crippen LogP contribution in [0.5, 0.6) is 0 Å². The van der Waals surface area contributed by atoms with Gasteiger partial charge in [-0.2, -0.15) is 13.2 Å². The Balaban J connectivity index is 3.41. The summed E-state index contributed by atoms with van der Waals surface area (Å²) in [7, 11) is 0. The fourth-order valence-corrected chi connectivity index (χ4v) is 1.20. The number of hydrogen-bond donors (Lipinski definition) is 1. The second-order valence-electron chi connectivity index (χ2n) is 3.07. The fraction of sp³-hybridized carbons (Fsp3) is 0.333. The van der Waals surface area contributed by atoms with Crippen LogP contribution in [-0.2, 0) is 6.18 Å². The van der Waals surface area contributed by atoms with Gasteiger partial charge in [-0.05, 0) is 25.0 Å². The Bertz CT molecular complexity index is 413. The molecule has 82 valence electrons. The molecule has 1 heterocycles. The Labute approximate surface area is 83.6 Å². The molecule has 0 radical (unpaired) electrons. The minimum absolute atomic E-state index is 0.0392. The highest BCUT2D eigenvalue weighted by Gasteiger charge is 2.34. The molecular weight excluding hydrogens is 211 g/mol. The zero-order valence-electron chi connectivity index (χ0n) is 8.01. The molecule has 0 aliphatic heterocycles. The fourth-order valence-electron chi connectivity index (χ4n) is 1.20. The summed E-state index contributed by atoms with van der Waals surface area (Å²) < 4.78 is 37.1. The molecule has 0 unspecified atom stereocenters. The number of pyridine rings is 1. The van der Waals surface area contributed by atoms with E-state index in [1.165, 1.54) is 13.8 Å². The Hall–Kier alpha value is -1.59. The van der Waals surface area contributed by atoms with Gasteiger partial charge in [0.05, 0.1) is 5.56 Å². The monoisotopic (exact) mass is 219 g/mol. The largest absolute Gasteiger partial charge is 0.477 e. The molecule has 15 heavy (non-hydrogen) atoms. The summed E-state index contributed by atoms with van der Waals surface area (Å²) in [6.07, 6.45) is -3.95. The summed E-state index contributed by atoms with van der Waals surface area (Å²) in [5.74, 6) is -1.33. The Morgan fingerprint density at radius 2 is 1.87 bits per heavy atom. The van der Waals surface area contributed by atoms with E-state index in [0.29, 0.717) is 6.20 Å². The molecule has 0 aliphatic carbocycles. The van der Waals surface area contributed by atoms with Crippen LogP contribution in [0.15, 0.2) is 6.20 Å². The van der Waals surface area contributed by atoms with Gasteiger partial charge in [0.1, 0.15) is 0 Å². The first kappa shape index (κ1) is 11.5. The van der Waals surface area contributed by atoms with E-state index in [0.717, 1.165) is 0 Å². The van der Waals surface area contributed by atoms with Crippen LogP contribution in [0.4, 0.5) is 13.2 Å². The number of halogens is 3. The van der Waals surface area contributed by atoms with Gasteiger partial charge in [0.2, 0.25) is 0 Å². The first-order chi connectivity index (χ1) is 6.75. The molecule has 0 amide bonds. The van der Waals surface area contributed by atoms with Crippen LogP contribution in [0.1, 0.15) is 27.2 Å². The highest BCUT2D eigenvalue weighted by Crippen LogP contribution is 2.32. The van der Waals surface area contributed by atoms with Crippen LogP contribution in [0, 0.1) is 13.8 Å². The molecule has 0 aromatic carbocycles. The Kier molecular flexibility index (Phi) is 2.70. The molecule has 1 aromatic rings. The lowest BCUT2D eigenvalue weighted by molar-refractivity contribution is -0.138. The molecule has 0 spiro atoms. The highest BCUT2D eigenvalue weighted by molar-refractivity contribution is 5.87. The lowest BCUT2D eigenvalue weighted by atomic mass is 10.0. The van der Waals surface area contributed by atoms with Crippen LogP contribution in [0.3, 0.4) is 0 Å². The summed E-state index contributed by atoms with van der Waals surface area (Å²) in [6, 6.07) is 0. The van der Waals surface area contributed by atoms with E-state index in [4.69, 9.17) is 5.11 Å². The minimum atomic E-state index is -4.50. The van der Waals surface area contributed by atoms with Gasteiger partial charge in [0, 0.05) is 6.20 Å². The summed E-state index contributed by atoms with van der Waals surface area (Å²) in [6.45, 7) is 2.54. The van der Waals surface area contributed by atoms with Crippen molar-refractivity contribution in [2.24, 2.45) is 0 Å². The molecule has 3 nitrogen and oxygen atoms in total. The summed E-state index contributed by atoms with van der Waals surface area (Å²) >= 11 is 0. The number of nitrogens with zero attached hydrogens (tertiary/aromatic N) is 1. The van der Waals surface area contributed by atoms with Crippen LogP contribution < -0.4 is 0 Å². The second-order valence-corrected chi connectivity index (χ2v) is 3.07. The summed E-state index contributed by atoms with van der Waals surface area (Å²) in [4.78, 5) is 13.9. The van der Waals surface area contributed by atoms with E-state index < -0.39 is 17.7 Å². The normalized spacial score (nSPS) is 11.5. The van der Waals surface area contributed by atoms with Gasteiger partial charge in [-0.25, -0.2) is 9.78 Å². The van der Waals surface area contributed by atoms with Crippen molar-refractivity contribution in [2.75, 3.05) is 0 Å². The molecular formula is C9H8F3NO2. The van der Waals surface area contributed by atoms with E-state index in [2.05, 4.69) is 4.98 Å². The number of alkyl halides is 3. The van der Waals surface area contributed by atoms with Gasteiger partial charge in [-0.15, -0.1) is 0 Å². The maximum atomic E-state index is 12.4. The first-order valence-electron chi connectivity index (χ1n) is 4.02. The van der Waals surface area contributed by atoms with Crippen molar-refractivity contribution in [3.8, 4) is 0 Å². The average molecular weight is 219 g/mol. The molecule has 0 aliphatic rings. The number of carboxylic acid groups (broad SMARTS) is 1. The van der Waals surface area contributed by atoms with Gasteiger partial charge in [-0.3, -0.25) is 0 Å². The number of rotatable bonds is 1. The lowest BCUT2D eigenvalue weighted by Crippen LogP contribution is -2.13. The molecule has 0 saturated carbocycles. The number of aromatic nitrogens is 1. The van der Waals surface area contributed by atoms with E-state index in [9.17, 15) is 18.0 Å². The van der Waals surface area contributed by atoms with Gasteiger partial charge in [0.25, 0.3) is 0 Å². The van der Waals surface area contributed by atoms with Crippen molar-refractivity contribution < 1.29 is 23.1 Å². The maximum Gasteiger partial charge on any atom is 0.418 e. The Morgan fingerprint density at radius 1 is 1.33 bits per heavy atom. The zero-order chi connectivity index (χ0) is 11.8. The lowest BCUT2D eigenvalue weighted by Gasteiger charge is -2.12. The van der Waals surface area contributed by atoms with Crippen molar-refractivity contribution in [3.63, 3.8) is 0 Å². The van der Waals surface area contributed by atoms with Crippen LogP contribution in [-0.4, -0.2) is 16.1 Å². The van der Waals surface area contributed by atoms with E-state index in [1.807, 2.05) is 0 Å². The number of carbonyl (C=O) groups is 1. The zero-order valence-corrected chi connectivity index (χ0v) is 8.01. The minimum Gasteiger partial charge on any atom is -0.477 e. The summed E-state index contributed by atoms with van der Waals surface area (Å²) in [5.41, 5.74) is -1.31. The molecule has 1 rings (SSSR count). The number of aromatic carboxylic acids is 1. The second kappa shape index (κ2) is 3.52. The van der Waals surface area contributed by atoms with E-state index >= 15 is 0 Å². The predicted octanol–water partition coefficient (Wildman–Crippen LogP) is 2.42. The van der Waals surface area contributed by atoms with Gasteiger partial charge < -0.3 is 5.11 Å². The molecule has 0 fully saturated rings. The van der Waals surface area contributed by atoms with Gasteiger partial charge in [0.15, 0.2) is 5.69 Å². The molecule has 1 N–H and O–H groups in total. The number of hydrogen-bond acceptors (Lipinski definition) is 2. The van der Waals surface area contributed by atoms with E-state index in [-0.39, 0.29) is 16.8 Å². The van der Waals surface area contributed by atoms with Crippen molar-refractivity contribution >= 4 is 5.97 Å².